The maximum Gasteiger partial charge on any atom is 0.217 e. The van der Waals surface area contributed by atoms with Crippen molar-refractivity contribution in [3.05, 3.63) is 35.4 Å². The van der Waals surface area contributed by atoms with E-state index in [1.807, 2.05) is 12.1 Å². The van der Waals surface area contributed by atoms with Gasteiger partial charge < -0.3 is 5.73 Å². The Labute approximate surface area is 78.8 Å². The maximum absolute atomic E-state index is 10.6. The van der Waals surface area contributed by atoms with Crippen LogP contribution in [0.3, 0.4) is 0 Å². The molecule has 0 heterocycles. The third-order valence-electron chi connectivity index (χ3n) is 2.14. The smallest absolute Gasteiger partial charge is 0.217 e. The second-order valence-corrected chi connectivity index (χ2v) is 3.09. The first-order chi connectivity index (χ1) is 6.24. The van der Waals surface area contributed by atoms with E-state index in [2.05, 4.69) is 19.1 Å². The molecule has 0 radical (unpaired) electrons. The van der Waals surface area contributed by atoms with Gasteiger partial charge in [0.15, 0.2) is 0 Å². The number of rotatable bonds is 4. The van der Waals surface area contributed by atoms with E-state index in [0.717, 1.165) is 12.8 Å². The molecule has 1 rings (SSSR count). The molecule has 13 heavy (non-hydrogen) atoms. The van der Waals surface area contributed by atoms with E-state index < -0.39 is 0 Å². The minimum absolute atomic E-state index is 0.231. The largest absolute Gasteiger partial charge is 0.370 e. The van der Waals surface area contributed by atoms with Crippen LogP contribution in [0.4, 0.5) is 0 Å². The predicted octanol–water partition coefficient (Wildman–Crippen LogP) is 1.67. The molecule has 0 saturated carbocycles. The quantitative estimate of drug-likeness (QED) is 0.746. The van der Waals surface area contributed by atoms with Gasteiger partial charge in [-0.25, -0.2) is 0 Å². The first kappa shape index (κ1) is 9.78. The number of hydrogen-bond donors (Lipinski definition) is 1. The lowest BCUT2D eigenvalue weighted by atomic mass is 10.0. The van der Waals surface area contributed by atoms with Crippen molar-refractivity contribution < 1.29 is 4.79 Å². The lowest BCUT2D eigenvalue weighted by molar-refractivity contribution is -0.117. The van der Waals surface area contributed by atoms with Crippen molar-refractivity contribution in [3.63, 3.8) is 0 Å². The lowest BCUT2D eigenvalue weighted by Crippen LogP contribution is -2.11. The number of benzene rings is 1. The highest BCUT2D eigenvalue weighted by atomic mass is 16.1. The number of carbonyl (C=O) groups excluding carboxylic acids is 1. The average Bonchev–Trinajstić information content (AvgIpc) is 2.15. The fourth-order valence-electron chi connectivity index (χ4n) is 1.40. The normalized spacial score (nSPS) is 9.92. The molecule has 2 N–H and O–H groups in total. The van der Waals surface area contributed by atoms with Crippen LogP contribution in [0.15, 0.2) is 24.3 Å². The number of nitrogens with two attached hydrogens (primary N) is 1. The molecule has 0 aliphatic heterocycles. The Hall–Kier alpha value is -1.31. The molecule has 0 aliphatic rings. The standard InChI is InChI=1S/C11H15NO/c1-2-9-5-3-4-6-10(9)7-8-11(12)13/h3-6H,2,7-8H2,1H3,(H2,12,13). The van der Waals surface area contributed by atoms with E-state index in [-0.39, 0.29) is 5.91 Å². The highest BCUT2D eigenvalue weighted by molar-refractivity contribution is 5.74. The molecule has 0 spiro atoms. The monoisotopic (exact) mass is 177 g/mol. The van der Waals surface area contributed by atoms with Gasteiger partial charge in [0.1, 0.15) is 0 Å². The summed E-state index contributed by atoms with van der Waals surface area (Å²) in [6.45, 7) is 2.11. The second-order valence-electron chi connectivity index (χ2n) is 3.09. The SMILES string of the molecule is CCc1ccccc1CCC(N)=O. The van der Waals surface area contributed by atoms with E-state index in [1.54, 1.807) is 0 Å². The van der Waals surface area contributed by atoms with Crippen molar-refractivity contribution in [2.24, 2.45) is 5.73 Å². The maximum atomic E-state index is 10.6. The van der Waals surface area contributed by atoms with Crippen LogP contribution in [-0.2, 0) is 17.6 Å². The number of carbonyl (C=O) groups is 1. The Balaban J connectivity index is 2.69. The molecule has 1 aromatic carbocycles. The molecule has 0 saturated heterocycles. The van der Waals surface area contributed by atoms with E-state index in [0.29, 0.717) is 6.42 Å². The molecule has 1 aromatic rings. The summed E-state index contributed by atoms with van der Waals surface area (Å²) in [4.78, 5) is 10.6. The molecule has 0 aromatic heterocycles. The number of aryl methyl sites for hydroxylation is 2. The van der Waals surface area contributed by atoms with E-state index >= 15 is 0 Å². The van der Waals surface area contributed by atoms with Crippen LogP contribution in [0.2, 0.25) is 0 Å². The van der Waals surface area contributed by atoms with Crippen LogP contribution in [0.1, 0.15) is 24.5 Å². The second kappa shape index (κ2) is 4.65. The van der Waals surface area contributed by atoms with Crippen molar-refractivity contribution >= 4 is 5.91 Å². The molecule has 0 atom stereocenters. The van der Waals surface area contributed by atoms with Crippen molar-refractivity contribution in [1.82, 2.24) is 0 Å². The summed E-state index contributed by atoms with van der Waals surface area (Å²) in [6.07, 6.45) is 2.21. The van der Waals surface area contributed by atoms with Crippen LogP contribution in [0.25, 0.3) is 0 Å². The van der Waals surface area contributed by atoms with Crippen molar-refractivity contribution in [3.8, 4) is 0 Å². The van der Waals surface area contributed by atoms with Crippen molar-refractivity contribution in [1.29, 1.82) is 0 Å². The number of primary amides is 1. The summed E-state index contributed by atoms with van der Waals surface area (Å²) in [7, 11) is 0. The van der Waals surface area contributed by atoms with Crippen molar-refractivity contribution in [2.45, 2.75) is 26.2 Å². The first-order valence-electron chi connectivity index (χ1n) is 4.59. The van der Waals surface area contributed by atoms with Gasteiger partial charge in [-0.2, -0.15) is 0 Å². The summed E-state index contributed by atoms with van der Waals surface area (Å²) in [5.74, 6) is -0.231. The van der Waals surface area contributed by atoms with Crippen LogP contribution >= 0.6 is 0 Å². The zero-order valence-corrected chi connectivity index (χ0v) is 7.92. The van der Waals surface area contributed by atoms with Crippen molar-refractivity contribution in [2.75, 3.05) is 0 Å². The summed E-state index contributed by atoms with van der Waals surface area (Å²) < 4.78 is 0. The van der Waals surface area contributed by atoms with Gasteiger partial charge in [0.05, 0.1) is 0 Å². The fourth-order valence-corrected chi connectivity index (χ4v) is 1.40. The number of hydrogen-bond acceptors (Lipinski definition) is 1. The molecule has 2 nitrogen and oxygen atoms in total. The third-order valence-corrected chi connectivity index (χ3v) is 2.14. The van der Waals surface area contributed by atoms with Gasteiger partial charge >= 0.3 is 0 Å². The zero-order chi connectivity index (χ0) is 9.68. The molecule has 0 fully saturated rings. The van der Waals surface area contributed by atoms with Crippen LogP contribution in [0, 0.1) is 0 Å². The highest BCUT2D eigenvalue weighted by Gasteiger charge is 2.01. The molecular formula is C11H15NO. The van der Waals surface area contributed by atoms with Gasteiger partial charge in [-0.05, 0) is 24.0 Å². The molecular weight excluding hydrogens is 162 g/mol. The van der Waals surface area contributed by atoms with Crippen LogP contribution < -0.4 is 5.73 Å². The summed E-state index contributed by atoms with van der Waals surface area (Å²) in [5, 5.41) is 0. The zero-order valence-electron chi connectivity index (χ0n) is 7.92. The Morgan fingerprint density at radius 2 is 1.92 bits per heavy atom. The third kappa shape index (κ3) is 2.90. The van der Waals surface area contributed by atoms with Gasteiger partial charge in [0, 0.05) is 6.42 Å². The predicted molar refractivity (Wildman–Crippen MR) is 53.3 cm³/mol. The van der Waals surface area contributed by atoms with Gasteiger partial charge in [0.25, 0.3) is 0 Å². The summed E-state index contributed by atoms with van der Waals surface area (Å²) in [5.41, 5.74) is 7.64. The van der Waals surface area contributed by atoms with Gasteiger partial charge in [-0.3, -0.25) is 4.79 Å². The lowest BCUT2D eigenvalue weighted by Gasteiger charge is -2.05. The van der Waals surface area contributed by atoms with E-state index in [4.69, 9.17) is 5.73 Å². The molecule has 2 heteroatoms. The Bertz CT molecular complexity index is 294. The average molecular weight is 177 g/mol. The highest BCUT2D eigenvalue weighted by Crippen LogP contribution is 2.11. The van der Waals surface area contributed by atoms with Gasteiger partial charge in [0.2, 0.25) is 5.91 Å². The molecule has 1 amide bonds. The van der Waals surface area contributed by atoms with Crippen LogP contribution in [-0.4, -0.2) is 5.91 Å². The topological polar surface area (TPSA) is 43.1 Å². The van der Waals surface area contributed by atoms with Crippen LogP contribution in [0.5, 0.6) is 0 Å². The Morgan fingerprint density at radius 1 is 1.31 bits per heavy atom. The molecule has 0 unspecified atom stereocenters. The van der Waals surface area contributed by atoms with Gasteiger partial charge in [-0.15, -0.1) is 0 Å². The number of amides is 1. The molecule has 0 aliphatic carbocycles. The van der Waals surface area contributed by atoms with E-state index in [9.17, 15) is 4.79 Å². The summed E-state index contributed by atoms with van der Waals surface area (Å²) >= 11 is 0. The molecule has 0 bridgehead atoms. The minimum atomic E-state index is -0.231. The van der Waals surface area contributed by atoms with Gasteiger partial charge in [-0.1, -0.05) is 31.2 Å². The first-order valence-corrected chi connectivity index (χ1v) is 4.59. The fraction of sp³-hybridized carbons (Fsp3) is 0.364. The molecule has 70 valence electrons. The minimum Gasteiger partial charge on any atom is -0.370 e. The Kier molecular flexibility index (Phi) is 3.50. The Morgan fingerprint density at radius 3 is 2.46 bits per heavy atom. The summed E-state index contributed by atoms with van der Waals surface area (Å²) in [6, 6.07) is 8.17. The van der Waals surface area contributed by atoms with E-state index in [1.165, 1.54) is 11.1 Å².